The number of aromatic nitrogens is 1. The van der Waals surface area contributed by atoms with Crippen LogP contribution in [0.15, 0.2) is 0 Å². The first-order valence-corrected chi connectivity index (χ1v) is 7.13. The highest BCUT2D eigenvalue weighted by Gasteiger charge is 2.19. The zero-order valence-corrected chi connectivity index (χ0v) is 10.9. The van der Waals surface area contributed by atoms with Gasteiger partial charge in [0, 0.05) is 4.88 Å². The van der Waals surface area contributed by atoms with E-state index in [4.69, 9.17) is 5.26 Å². The molecule has 1 rings (SSSR count). The van der Waals surface area contributed by atoms with Crippen LogP contribution < -0.4 is 4.72 Å². The maximum atomic E-state index is 11.4. The summed E-state index contributed by atoms with van der Waals surface area (Å²) in [5.41, 5.74) is 0.828. The van der Waals surface area contributed by atoms with E-state index in [0.717, 1.165) is 15.6 Å². The summed E-state index contributed by atoms with van der Waals surface area (Å²) in [5, 5.41) is 9.27. The van der Waals surface area contributed by atoms with Crippen LogP contribution >= 0.6 is 11.3 Å². The third kappa shape index (κ3) is 3.27. The van der Waals surface area contributed by atoms with E-state index in [9.17, 15) is 8.42 Å². The summed E-state index contributed by atoms with van der Waals surface area (Å²) in [6.45, 7) is 5.46. The topological polar surface area (TPSA) is 82.8 Å². The highest BCUT2D eigenvalue weighted by molar-refractivity contribution is 7.89. The predicted molar refractivity (Wildman–Crippen MR) is 62.5 cm³/mol. The number of nitrogens with zero attached hydrogens (tertiary/aromatic N) is 2. The highest BCUT2D eigenvalue weighted by Crippen LogP contribution is 2.24. The Morgan fingerprint density at radius 2 is 2.19 bits per heavy atom. The Labute approximate surface area is 99.2 Å². The molecule has 1 unspecified atom stereocenters. The van der Waals surface area contributed by atoms with Gasteiger partial charge in [-0.15, -0.1) is 11.3 Å². The largest absolute Gasteiger partial charge is 0.247 e. The maximum Gasteiger partial charge on any atom is 0.225 e. The standard InChI is InChI=1S/C9H13N3O2S2/c1-6-9(15-8(3)11-6)7(2)12-16(13,14)5-4-10/h7,12H,5H2,1-3H3. The van der Waals surface area contributed by atoms with Gasteiger partial charge in [-0.1, -0.05) is 0 Å². The fraction of sp³-hybridized carbons (Fsp3) is 0.556. The summed E-state index contributed by atoms with van der Waals surface area (Å²) in [7, 11) is -3.52. The van der Waals surface area contributed by atoms with Crippen LogP contribution in [0.1, 0.15) is 28.5 Å². The summed E-state index contributed by atoms with van der Waals surface area (Å²) in [5.74, 6) is -0.520. The average Bonchev–Trinajstić information content (AvgIpc) is 2.44. The van der Waals surface area contributed by atoms with Gasteiger partial charge in [-0.2, -0.15) is 5.26 Å². The first kappa shape index (κ1) is 13.1. The summed E-state index contributed by atoms with van der Waals surface area (Å²) in [6.07, 6.45) is 0. The first-order chi connectivity index (χ1) is 7.35. The highest BCUT2D eigenvalue weighted by atomic mass is 32.2. The van der Waals surface area contributed by atoms with Crippen molar-refractivity contribution in [1.29, 1.82) is 5.26 Å². The lowest BCUT2D eigenvalue weighted by Gasteiger charge is -2.11. The molecule has 0 bridgehead atoms. The van der Waals surface area contributed by atoms with Gasteiger partial charge in [0.2, 0.25) is 10.0 Å². The number of hydrogen-bond acceptors (Lipinski definition) is 5. The molecule has 5 nitrogen and oxygen atoms in total. The third-order valence-corrected chi connectivity index (χ3v) is 4.42. The molecule has 0 aromatic carbocycles. The van der Waals surface area contributed by atoms with Crippen molar-refractivity contribution in [2.24, 2.45) is 0 Å². The molecule has 1 aromatic heterocycles. The zero-order chi connectivity index (χ0) is 12.3. The molecule has 0 aliphatic heterocycles. The molecule has 1 N–H and O–H groups in total. The Kier molecular flexibility index (Phi) is 4.02. The summed E-state index contributed by atoms with van der Waals surface area (Å²) >= 11 is 1.46. The van der Waals surface area contributed by atoms with Crippen molar-refractivity contribution in [1.82, 2.24) is 9.71 Å². The Balaban J connectivity index is 2.85. The van der Waals surface area contributed by atoms with Gasteiger partial charge in [0.1, 0.15) is 0 Å². The molecule has 7 heteroatoms. The number of nitriles is 1. The molecule has 16 heavy (non-hydrogen) atoms. The fourth-order valence-corrected chi connectivity index (χ4v) is 3.31. The van der Waals surface area contributed by atoms with Crippen molar-refractivity contribution in [2.75, 3.05) is 5.75 Å². The SMILES string of the molecule is Cc1nc(C)c(C(C)NS(=O)(=O)CC#N)s1. The Bertz CT molecular complexity index is 513. The first-order valence-electron chi connectivity index (χ1n) is 4.66. The van der Waals surface area contributed by atoms with E-state index < -0.39 is 15.8 Å². The van der Waals surface area contributed by atoms with Crippen molar-refractivity contribution < 1.29 is 8.42 Å². The molecule has 88 valence electrons. The minimum Gasteiger partial charge on any atom is -0.247 e. The van der Waals surface area contributed by atoms with Gasteiger partial charge >= 0.3 is 0 Å². The van der Waals surface area contributed by atoms with Crippen LogP contribution in [0.3, 0.4) is 0 Å². The Morgan fingerprint density at radius 1 is 1.56 bits per heavy atom. The van der Waals surface area contributed by atoms with Crippen molar-refractivity contribution in [2.45, 2.75) is 26.8 Å². The molecule has 0 spiro atoms. The molecule has 1 aromatic rings. The lowest BCUT2D eigenvalue weighted by atomic mass is 10.2. The Hall–Kier alpha value is -0.970. The van der Waals surface area contributed by atoms with Gasteiger partial charge in [-0.3, -0.25) is 0 Å². The lowest BCUT2D eigenvalue weighted by molar-refractivity contribution is 0.571. The number of nitrogens with one attached hydrogen (secondary N) is 1. The summed E-state index contributed by atoms with van der Waals surface area (Å²) in [4.78, 5) is 5.11. The van der Waals surface area contributed by atoms with Crippen molar-refractivity contribution in [3.8, 4) is 6.07 Å². The number of rotatable bonds is 4. The number of aryl methyl sites for hydroxylation is 2. The Morgan fingerprint density at radius 3 is 2.62 bits per heavy atom. The zero-order valence-electron chi connectivity index (χ0n) is 9.31. The molecule has 1 atom stereocenters. The van der Waals surface area contributed by atoms with E-state index in [1.807, 2.05) is 13.8 Å². The van der Waals surface area contributed by atoms with Gasteiger partial charge in [0.15, 0.2) is 5.75 Å². The third-order valence-electron chi connectivity index (χ3n) is 1.94. The van der Waals surface area contributed by atoms with E-state index >= 15 is 0 Å². The fourth-order valence-electron chi connectivity index (χ4n) is 1.40. The lowest BCUT2D eigenvalue weighted by Crippen LogP contribution is -2.28. The number of thiazole rings is 1. The molecule has 1 heterocycles. The van der Waals surface area contributed by atoms with E-state index in [2.05, 4.69) is 9.71 Å². The second kappa shape index (κ2) is 4.91. The van der Waals surface area contributed by atoms with Crippen LogP contribution in [0.5, 0.6) is 0 Å². The average molecular weight is 259 g/mol. The van der Waals surface area contributed by atoms with Crippen LogP contribution in [-0.2, 0) is 10.0 Å². The monoisotopic (exact) mass is 259 g/mol. The normalized spacial score (nSPS) is 13.4. The molecular formula is C9H13N3O2S2. The van der Waals surface area contributed by atoms with E-state index in [0.29, 0.717) is 0 Å². The van der Waals surface area contributed by atoms with Gasteiger partial charge < -0.3 is 0 Å². The van der Waals surface area contributed by atoms with Crippen LogP contribution in [0.4, 0.5) is 0 Å². The minimum atomic E-state index is -3.52. The molecule has 0 aliphatic rings. The van der Waals surface area contributed by atoms with Gasteiger partial charge in [-0.05, 0) is 20.8 Å². The van der Waals surface area contributed by atoms with Gasteiger partial charge in [-0.25, -0.2) is 18.1 Å². The smallest absolute Gasteiger partial charge is 0.225 e. The number of hydrogen-bond donors (Lipinski definition) is 1. The summed E-state index contributed by atoms with van der Waals surface area (Å²) < 4.78 is 25.2. The van der Waals surface area contributed by atoms with Crippen molar-refractivity contribution in [3.63, 3.8) is 0 Å². The van der Waals surface area contributed by atoms with Crippen LogP contribution in [0, 0.1) is 25.2 Å². The van der Waals surface area contributed by atoms with Gasteiger partial charge in [0.25, 0.3) is 0 Å². The molecule has 0 fully saturated rings. The van der Waals surface area contributed by atoms with Crippen LogP contribution in [0.25, 0.3) is 0 Å². The molecule has 0 saturated heterocycles. The van der Waals surface area contributed by atoms with E-state index in [-0.39, 0.29) is 6.04 Å². The van der Waals surface area contributed by atoms with Gasteiger partial charge in [0.05, 0.1) is 22.8 Å². The minimum absolute atomic E-state index is 0.343. The molecule has 0 saturated carbocycles. The quantitative estimate of drug-likeness (QED) is 0.882. The second-order valence-corrected chi connectivity index (χ2v) is 6.43. The molecule has 0 amide bonds. The maximum absolute atomic E-state index is 11.4. The van der Waals surface area contributed by atoms with E-state index in [1.54, 1.807) is 13.0 Å². The van der Waals surface area contributed by atoms with Crippen molar-refractivity contribution in [3.05, 3.63) is 15.6 Å². The molecule has 0 radical (unpaired) electrons. The molecule has 0 aliphatic carbocycles. The van der Waals surface area contributed by atoms with Crippen LogP contribution in [-0.4, -0.2) is 19.2 Å². The molecular weight excluding hydrogens is 246 g/mol. The van der Waals surface area contributed by atoms with E-state index in [1.165, 1.54) is 11.3 Å². The summed E-state index contributed by atoms with van der Waals surface area (Å²) in [6, 6.07) is 1.28. The van der Waals surface area contributed by atoms with Crippen molar-refractivity contribution >= 4 is 21.4 Å². The second-order valence-electron chi connectivity index (χ2n) is 3.44. The number of sulfonamides is 1. The predicted octanol–water partition coefficient (Wildman–Crippen LogP) is 1.26. The van der Waals surface area contributed by atoms with Crippen LogP contribution in [0.2, 0.25) is 0 Å².